The first kappa shape index (κ1) is 19.2. The Kier molecular flexibility index (Phi) is 7.53. The quantitative estimate of drug-likeness (QED) is 0.905. The molecule has 0 spiro atoms. The zero-order chi connectivity index (χ0) is 16.1. The molecule has 0 atom stereocenters. The molecule has 3 rings (SSSR count). The van der Waals surface area contributed by atoms with Gasteiger partial charge in [-0.2, -0.15) is 0 Å². The van der Waals surface area contributed by atoms with Gasteiger partial charge in [0, 0.05) is 31.2 Å². The molecule has 1 aromatic rings. The van der Waals surface area contributed by atoms with Crippen molar-refractivity contribution < 1.29 is 4.79 Å². The molecule has 5 heteroatoms. The monoisotopic (exact) mass is 351 g/mol. The zero-order valence-corrected chi connectivity index (χ0v) is 15.4. The first-order valence-electron chi connectivity index (χ1n) is 8.99. The van der Waals surface area contributed by atoms with Crippen LogP contribution in [0.25, 0.3) is 0 Å². The number of hydrogen-bond donors (Lipinski definition) is 1. The van der Waals surface area contributed by atoms with Crippen LogP contribution in [0.4, 0.5) is 0 Å². The highest BCUT2D eigenvalue weighted by Gasteiger charge is 2.27. The summed E-state index contributed by atoms with van der Waals surface area (Å²) < 4.78 is 0. The summed E-state index contributed by atoms with van der Waals surface area (Å²) in [6, 6.07) is 10.3. The summed E-state index contributed by atoms with van der Waals surface area (Å²) >= 11 is 0. The van der Waals surface area contributed by atoms with Crippen LogP contribution in [0.3, 0.4) is 0 Å². The standard InChI is InChI=1S/C19H29N3O.ClH/c1-21(15-16-7-11-20-12-8-16)18-9-13-22(14-10-18)19(23)17-5-3-2-4-6-17;/h2-6,16,18,20H,7-15H2,1H3;1H. The van der Waals surface area contributed by atoms with Crippen LogP contribution in [0.2, 0.25) is 0 Å². The van der Waals surface area contributed by atoms with Crippen LogP contribution in [0.1, 0.15) is 36.0 Å². The van der Waals surface area contributed by atoms with Crippen molar-refractivity contribution in [2.24, 2.45) is 5.92 Å². The fourth-order valence-corrected chi connectivity index (χ4v) is 3.89. The van der Waals surface area contributed by atoms with Crippen LogP contribution in [-0.4, -0.2) is 61.5 Å². The van der Waals surface area contributed by atoms with E-state index in [-0.39, 0.29) is 18.3 Å². The van der Waals surface area contributed by atoms with Crippen molar-refractivity contribution in [3.63, 3.8) is 0 Å². The summed E-state index contributed by atoms with van der Waals surface area (Å²) in [7, 11) is 2.27. The minimum atomic E-state index is 0. The number of halogens is 1. The van der Waals surface area contributed by atoms with Crippen LogP contribution in [0.15, 0.2) is 30.3 Å². The topological polar surface area (TPSA) is 35.6 Å². The predicted octanol–water partition coefficient (Wildman–Crippen LogP) is 2.64. The molecule has 2 fully saturated rings. The van der Waals surface area contributed by atoms with Crippen LogP contribution in [0.5, 0.6) is 0 Å². The summed E-state index contributed by atoms with van der Waals surface area (Å²) in [6.45, 7) is 5.31. The van der Waals surface area contributed by atoms with Gasteiger partial charge in [-0.25, -0.2) is 0 Å². The van der Waals surface area contributed by atoms with Crippen molar-refractivity contribution in [1.29, 1.82) is 0 Å². The molecule has 0 radical (unpaired) electrons. The highest BCUT2D eigenvalue weighted by Crippen LogP contribution is 2.20. The maximum Gasteiger partial charge on any atom is 0.253 e. The summed E-state index contributed by atoms with van der Waals surface area (Å²) in [4.78, 5) is 17.1. The van der Waals surface area contributed by atoms with Crippen LogP contribution < -0.4 is 5.32 Å². The normalized spacial score (nSPS) is 20.0. The van der Waals surface area contributed by atoms with Gasteiger partial charge in [0.2, 0.25) is 0 Å². The van der Waals surface area contributed by atoms with Gasteiger partial charge in [-0.1, -0.05) is 18.2 Å². The van der Waals surface area contributed by atoms with Gasteiger partial charge in [-0.3, -0.25) is 4.79 Å². The third-order valence-electron chi connectivity index (χ3n) is 5.40. The van der Waals surface area contributed by atoms with Gasteiger partial charge in [0.15, 0.2) is 0 Å². The van der Waals surface area contributed by atoms with E-state index in [2.05, 4.69) is 17.3 Å². The van der Waals surface area contributed by atoms with E-state index < -0.39 is 0 Å². The number of hydrogen-bond acceptors (Lipinski definition) is 3. The van der Waals surface area contributed by atoms with Crippen molar-refractivity contribution >= 4 is 18.3 Å². The summed E-state index contributed by atoms with van der Waals surface area (Å²) in [5.74, 6) is 1.02. The van der Waals surface area contributed by atoms with Gasteiger partial charge >= 0.3 is 0 Å². The lowest BCUT2D eigenvalue weighted by Gasteiger charge is -2.38. The molecule has 2 heterocycles. The maximum absolute atomic E-state index is 12.5. The molecule has 0 aliphatic carbocycles. The number of nitrogens with zero attached hydrogens (tertiary/aromatic N) is 2. The van der Waals surface area contributed by atoms with Crippen molar-refractivity contribution in [2.45, 2.75) is 31.7 Å². The van der Waals surface area contributed by atoms with Gasteiger partial charge in [0.25, 0.3) is 5.91 Å². The van der Waals surface area contributed by atoms with Crippen LogP contribution in [0, 0.1) is 5.92 Å². The van der Waals surface area contributed by atoms with Crippen molar-refractivity contribution in [2.75, 3.05) is 39.8 Å². The van der Waals surface area contributed by atoms with Crippen molar-refractivity contribution in [1.82, 2.24) is 15.1 Å². The number of piperidine rings is 2. The van der Waals surface area contributed by atoms with Gasteiger partial charge in [-0.15, -0.1) is 12.4 Å². The third-order valence-corrected chi connectivity index (χ3v) is 5.40. The number of carbonyl (C=O) groups is 1. The Morgan fingerprint density at radius 3 is 2.38 bits per heavy atom. The third kappa shape index (κ3) is 4.95. The molecule has 4 nitrogen and oxygen atoms in total. The van der Waals surface area contributed by atoms with Gasteiger partial charge in [-0.05, 0) is 63.9 Å². The Morgan fingerprint density at radius 1 is 1.12 bits per heavy atom. The lowest BCUT2D eigenvalue weighted by atomic mass is 9.95. The van der Waals surface area contributed by atoms with E-state index in [9.17, 15) is 4.79 Å². The van der Waals surface area contributed by atoms with E-state index in [0.29, 0.717) is 6.04 Å². The lowest BCUT2D eigenvalue weighted by molar-refractivity contribution is 0.0625. The molecule has 0 aromatic heterocycles. The lowest BCUT2D eigenvalue weighted by Crippen LogP contribution is -2.47. The Labute approximate surface area is 152 Å². The van der Waals surface area contributed by atoms with E-state index in [1.54, 1.807) is 0 Å². The number of amides is 1. The average Bonchev–Trinajstić information content (AvgIpc) is 2.63. The molecule has 134 valence electrons. The van der Waals surface area contributed by atoms with Gasteiger partial charge in [0.05, 0.1) is 0 Å². The van der Waals surface area contributed by atoms with Crippen molar-refractivity contribution in [3.8, 4) is 0 Å². The Hall–Kier alpha value is -1.10. The largest absolute Gasteiger partial charge is 0.339 e. The number of carbonyl (C=O) groups excluding carboxylic acids is 1. The number of rotatable bonds is 4. The smallest absolute Gasteiger partial charge is 0.253 e. The fourth-order valence-electron chi connectivity index (χ4n) is 3.89. The van der Waals surface area contributed by atoms with Crippen LogP contribution >= 0.6 is 12.4 Å². The molecule has 0 unspecified atom stereocenters. The van der Waals surface area contributed by atoms with Crippen molar-refractivity contribution in [3.05, 3.63) is 35.9 Å². The summed E-state index contributed by atoms with van der Waals surface area (Å²) in [5, 5.41) is 3.44. The first-order valence-corrected chi connectivity index (χ1v) is 8.99. The summed E-state index contributed by atoms with van der Waals surface area (Å²) in [5.41, 5.74) is 0.814. The highest BCUT2D eigenvalue weighted by molar-refractivity contribution is 5.94. The Morgan fingerprint density at radius 2 is 1.75 bits per heavy atom. The Bertz CT molecular complexity index is 497. The molecule has 2 aliphatic heterocycles. The second-order valence-corrected chi connectivity index (χ2v) is 7.02. The van der Waals surface area contributed by atoms with Gasteiger partial charge in [0.1, 0.15) is 0 Å². The zero-order valence-electron chi connectivity index (χ0n) is 14.6. The molecule has 0 saturated carbocycles. The summed E-state index contributed by atoms with van der Waals surface area (Å²) in [6.07, 6.45) is 4.80. The number of likely N-dealkylation sites (tertiary alicyclic amines) is 1. The second-order valence-electron chi connectivity index (χ2n) is 7.02. The second kappa shape index (κ2) is 9.40. The van der Waals surface area contributed by atoms with E-state index in [4.69, 9.17) is 0 Å². The predicted molar refractivity (Wildman–Crippen MR) is 101 cm³/mol. The Balaban J connectivity index is 0.00000208. The fraction of sp³-hybridized carbons (Fsp3) is 0.632. The minimum Gasteiger partial charge on any atom is -0.339 e. The molecular weight excluding hydrogens is 322 g/mol. The molecule has 1 amide bonds. The number of benzene rings is 1. The van der Waals surface area contributed by atoms with E-state index in [0.717, 1.165) is 37.4 Å². The highest BCUT2D eigenvalue weighted by atomic mass is 35.5. The molecule has 1 aromatic carbocycles. The molecule has 1 N–H and O–H groups in total. The van der Waals surface area contributed by atoms with Crippen LogP contribution in [-0.2, 0) is 0 Å². The van der Waals surface area contributed by atoms with E-state index in [1.807, 2.05) is 35.2 Å². The molecule has 0 bridgehead atoms. The van der Waals surface area contributed by atoms with E-state index in [1.165, 1.54) is 32.5 Å². The minimum absolute atomic E-state index is 0. The van der Waals surface area contributed by atoms with E-state index >= 15 is 0 Å². The maximum atomic E-state index is 12.5. The first-order chi connectivity index (χ1) is 11.2. The molecule has 24 heavy (non-hydrogen) atoms. The van der Waals surface area contributed by atoms with Gasteiger partial charge < -0.3 is 15.1 Å². The number of nitrogens with one attached hydrogen (secondary N) is 1. The molecular formula is C19H30ClN3O. The average molecular weight is 352 g/mol. The SMILES string of the molecule is CN(CC1CCNCC1)C1CCN(C(=O)c2ccccc2)CC1.Cl. The molecule has 2 aliphatic rings. The molecule has 2 saturated heterocycles.